The van der Waals surface area contributed by atoms with Crippen LogP contribution in [0.4, 0.5) is 5.13 Å². The van der Waals surface area contributed by atoms with E-state index >= 15 is 0 Å². The minimum absolute atomic E-state index is 0.207. The van der Waals surface area contributed by atoms with E-state index in [1.54, 1.807) is 23.9 Å². The summed E-state index contributed by atoms with van der Waals surface area (Å²) in [4.78, 5) is 12.2. The molecule has 24 heavy (non-hydrogen) atoms. The summed E-state index contributed by atoms with van der Waals surface area (Å²) in [5.74, 6) is 0.562. The van der Waals surface area contributed by atoms with E-state index in [-0.39, 0.29) is 5.91 Å². The second-order valence-electron chi connectivity index (χ2n) is 4.75. The molecule has 122 valence electrons. The molecule has 0 bridgehead atoms. The second kappa shape index (κ2) is 8.11. The molecular weight excluding hydrogens is 430 g/mol. The molecule has 2 aromatic carbocycles. The number of amides is 1. The van der Waals surface area contributed by atoms with Crippen molar-refractivity contribution in [1.29, 1.82) is 0 Å². The molecule has 0 aliphatic rings. The zero-order chi connectivity index (χ0) is 16.9. The number of anilines is 1. The normalized spacial score (nSPS) is 10.6. The Morgan fingerprint density at radius 3 is 2.75 bits per heavy atom. The van der Waals surface area contributed by atoms with Crippen LogP contribution in [0.25, 0.3) is 0 Å². The molecule has 3 rings (SSSR count). The Morgan fingerprint density at radius 1 is 1.21 bits per heavy atom. The lowest BCUT2D eigenvalue weighted by Crippen LogP contribution is -2.11. The summed E-state index contributed by atoms with van der Waals surface area (Å²) in [6, 6.07) is 14.9. The van der Waals surface area contributed by atoms with Crippen LogP contribution in [0.15, 0.2) is 57.3 Å². The molecular formula is C16H11BrClN3OS2. The smallest absolute Gasteiger partial charge is 0.257 e. The lowest BCUT2D eigenvalue weighted by molar-refractivity contribution is 0.102. The van der Waals surface area contributed by atoms with Crippen LogP contribution in [0.1, 0.15) is 15.9 Å². The Kier molecular flexibility index (Phi) is 5.89. The lowest BCUT2D eigenvalue weighted by atomic mass is 10.2. The van der Waals surface area contributed by atoms with Gasteiger partial charge in [0.25, 0.3) is 5.91 Å². The van der Waals surface area contributed by atoms with Crippen molar-refractivity contribution in [2.45, 2.75) is 10.1 Å². The highest BCUT2D eigenvalue weighted by molar-refractivity contribution is 9.10. The fourth-order valence-corrected chi connectivity index (χ4v) is 4.07. The van der Waals surface area contributed by atoms with Crippen LogP contribution in [0, 0.1) is 0 Å². The fraction of sp³-hybridized carbons (Fsp3) is 0.0625. The van der Waals surface area contributed by atoms with E-state index in [4.69, 9.17) is 11.6 Å². The molecule has 1 N–H and O–H groups in total. The van der Waals surface area contributed by atoms with Crippen molar-refractivity contribution >= 4 is 61.7 Å². The minimum Gasteiger partial charge on any atom is -0.296 e. The van der Waals surface area contributed by atoms with Gasteiger partial charge in [-0.25, -0.2) is 0 Å². The lowest BCUT2D eigenvalue weighted by Gasteiger charge is -2.01. The van der Waals surface area contributed by atoms with E-state index in [1.165, 1.54) is 11.3 Å². The van der Waals surface area contributed by atoms with Gasteiger partial charge >= 0.3 is 0 Å². The first-order chi connectivity index (χ1) is 11.6. The molecule has 0 saturated carbocycles. The second-order valence-corrected chi connectivity index (χ2v) is 8.30. The molecule has 0 radical (unpaired) electrons. The van der Waals surface area contributed by atoms with Crippen LogP contribution in [-0.2, 0) is 5.75 Å². The van der Waals surface area contributed by atoms with Crippen LogP contribution >= 0.6 is 50.6 Å². The first kappa shape index (κ1) is 17.4. The van der Waals surface area contributed by atoms with Crippen LogP contribution in [-0.4, -0.2) is 16.1 Å². The number of rotatable bonds is 5. The monoisotopic (exact) mass is 439 g/mol. The van der Waals surface area contributed by atoms with E-state index in [0.717, 1.165) is 25.2 Å². The van der Waals surface area contributed by atoms with Crippen LogP contribution in [0.3, 0.4) is 0 Å². The van der Waals surface area contributed by atoms with Crippen molar-refractivity contribution in [2.75, 3.05) is 5.32 Å². The number of hydrogen-bond acceptors (Lipinski definition) is 5. The van der Waals surface area contributed by atoms with E-state index in [1.807, 2.05) is 36.4 Å². The van der Waals surface area contributed by atoms with Crippen molar-refractivity contribution in [3.63, 3.8) is 0 Å². The number of carbonyl (C=O) groups is 1. The Balaban J connectivity index is 1.59. The predicted molar refractivity (Wildman–Crippen MR) is 103 cm³/mol. The molecule has 1 aromatic heterocycles. The first-order valence-electron chi connectivity index (χ1n) is 6.88. The molecule has 0 spiro atoms. The molecule has 0 aliphatic carbocycles. The number of carbonyl (C=O) groups excluding carboxylic acids is 1. The van der Waals surface area contributed by atoms with Gasteiger partial charge in [-0.2, -0.15) is 0 Å². The van der Waals surface area contributed by atoms with Gasteiger partial charge in [0.2, 0.25) is 5.13 Å². The van der Waals surface area contributed by atoms with Gasteiger partial charge in [-0.15, -0.1) is 10.2 Å². The molecule has 0 unspecified atom stereocenters. The van der Waals surface area contributed by atoms with Gasteiger partial charge in [-0.3, -0.25) is 10.1 Å². The molecule has 0 aliphatic heterocycles. The van der Waals surface area contributed by atoms with E-state index < -0.39 is 0 Å². The third-order valence-corrected chi connectivity index (χ3v) is 5.78. The van der Waals surface area contributed by atoms with Crippen molar-refractivity contribution in [1.82, 2.24) is 10.2 Å². The molecule has 0 saturated heterocycles. The summed E-state index contributed by atoms with van der Waals surface area (Å²) >= 11 is 12.1. The number of nitrogens with zero attached hydrogens (tertiary/aromatic N) is 2. The fourth-order valence-electron chi connectivity index (χ4n) is 1.84. The predicted octanol–water partition coefficient (Wildman–Crippen LogP) is 5.50. The number of halogens is 2. The van der Waals surface area contributed by atoms with Gasteiger partial charge in [0.15, 0.2) is 4.34 Å². The highest BCUT2D eigenvalue weighted by Gasteiger charge is 2.11. The molecule has 0 atom stereocenters. The average Bonchev–Trinajstić information content (AvgIpc) is 3.02. The van der Waals surface area contributed by atoms with Crippen molar-refractivity contribution in [3.05, 3.63) is 69.2 Å². The molecule has 4 nitrogen and oxygen atoms in total. The average molecular weight is 441 g/mol. The van der Waals surface area contributed by atoms with Crippen LogP contribution < -0.4 is 5.32 Å². The van der Waals surface area contributed by atoms with Gasteiger partial charge < -0.3 is 0 Å². The third kappa shape index (κ3) is 4.80. The summed E-state index contributed by atoms with van der Waals surface area (Å²) in [6.45, 7) is 0. The number of benzene rings is 2. The van der Waals surface area contributed by atoms with Crippen molar-refractivity contribution in [3.8, 4) is 0 Å². The molecule has 0 fully saturated rings. The molecule has 8 heteroatoms. The highest BCUT2D eigenvalue weighted by atomic mass is 79.9. The quantitative estimate of drug-likeness (QED) is 0.420. The maximum atomic E-state index is 12.2. The van der Waals surface area contributed by atoms with E-state index in [2.05, 4.69) is 31.4 Å². The van der Waals surface area contributed by atoms with Crippen molar-refractivity contribution in [2.24, 2.45) is 0 Å². The van der Waals surface area contributed by atoms with Gasteiger partial charge in [0, 0.05) is 20.8 Å². The Hall–Kier alpha value is -1.41. The van der Waals surface area contributed by atoms with Crippen LogP contribution in [0.2, 0.25) is 5.02 Å². The van der Waals surface area contributed by atoms with E-state index in [9.17, 15) is 4.79 Å². The summed E-state index contributed by atoms with van der Waals surface area (Å²) < 4.78 is 1.65. The summed E-state index contributed by atoms with van der Waals surface area (Å²) in [5.41, 5.74) is 1.72. The summed E-state index contributed by atoms with van der Waals surface area (Å²) in [6.07, 6.45) is 0. The third-order valence-electron chi connectivity index (χ3n) is 2.99. The zero-order valence-electron chi connectivity index (χ0n) is 12.2. The van der Waals surface area contributed by atoms with Gasteiger partial charge in [0.05, 0.1) is 0 Å². The molecule has 1 heterocycles. The number of hydrogen-bond donors (Lipinski definition) is 1. The maximum absolute atomic E-state index is 12.2. The topological polar surface area (TPSA) is 54.9 Å². The maximum Gasteiger partial charge on any atom is 0.257 e. The number of nitrogens with one attached hydrogen (secondary N) is 1. The van der Waals surface area contributed by atoms with Gasteiger partial charge in [-0.1, -0.05) is 68.8 Å². The van der Waals surface area contributed by atoms with Gasteiger partial charge in [-0.05, 0) is 35.9 Å². The first-order valence-corrected chi connectivity index (χ1v) is 9.85. The zero-order valence-corrected chi connectivity index (χ0v) is 16.2. The SMILES string of the molecule is O=C(Nc1nnc(SCc2ccc(Cl)cc2)s1)c1cccc(Br)c1. The van der Waals surface area contributed by atoms with Gasteiger partial charge in [0.1, 0.15) is 0 Å². The standard InChI is InChI=1S/C16H11BrClN3OS2/c17-12-3-1-2-11(8-12)14(22)19-15-20-21-16(24-15)23-9-10-4-6-13(18)7-5-10/h1-8H,9H2,(H,19,20,22). The highest BCUT2D eigenvalue weighted by Crippen LogP contribution is 2.29. The van der Waals surface area contributed by atoms with Crippen molar-refractivity contribution < 1.29 is 4.79 Å². The number of thioether (sulfide) groups is 1. The number of aromatic nitrogens is 2. The summed E-state index contributed by atoms with van der Waals surface area (Å²) in [5, 5.41) is 12.1. The Labute approximate surface area is 160 Å². The van der Waals surface area contributed by atoms with E-state index in [0.29, 0.717) is 10.7 Å². The van der Waals surface area contributed by atoms with Crippen LogP contribution in [0.5, 0.6) is 0 Å². The summed E-state index contributed by atoms with van der Waals surface area (Å²) in [7, 11) is 0. The molecule has 1 amide bonds. The minimum atomic E-state index is -0.207. The largest absolute Gasteiger partial charge is 0.296 e. The molecule has 3 aromatic rings. The Bertz CT molecular complexity index is 855. The Morgan fingerprint density at radius 2 is 2.00 bits per heavy atom.